The number of hydrogen-bond donors (Lipinski definition) is 1. The Morgan fingerprint density at radius 3 is 2.81 bits per heavy atom. The number of thiazole rings is 1. The SMILES string of the molecule is O=C(CN1CCN(c2ccccc2)C1=O)Nc1nc(-c2ccco2)cs1. The van der Waals surface area contributed by atoms with Gasteiger partial charge in [0.05, 0.1) is 6.26 Å². The summed E-state index contributed by atoms with van der Waals surface area (Å²) in [5, 5.41) is 5.03. The van der Waals surface area contributed by atoms with E-state index in [1.165, 1.54) is 16.2 Å². The van der Waals surface area contributed by atoms with Gasteiger partial charge >= 0.3 is 6.03 Å². The molecule has 3 aromatic rings. The number of hydrogen-bond acceptors (Lipinski definition) is 5. The number of benzene rings is 1. The molecule has 3 amide bonds. The smallest absolute Gasteiger partial charge is 0.325 e. The van der Waals surface area contributed by atoms with E-state index >= 15 is 0 Å². The van der Waals surface area contributed by atoms with Crippen LogP contribution >= 0.6 is 11.3 Å². The summed E-state index contributed by atoms with van der Waals surface area (Å²) in [4.78, 5) is 32.3. The van der Waals surface area contributed by atoms with Crippen LogP contribution in [0.1, 0.15) is 0 Å². The van der Waals surface area contributed by atoms with Gasteiger partial charge in [-0.05, 0) is 24.3 Å². The summed E-state index contributed by atoms with van der Waals surface area (Å²) in [6.07, 6.45) is 1.57. The van der Waals surface area contributed by atoms with Crippen LogP contribution in [0.25, 0.3) is 11.5 Å². The third kappa shape index (κ3) is 3.31. The molecule has 2 aromatic heterocycles. The Morgan fingerprint density at radius 1 is 1.19 bits per heavy atom. The van der Waals surface area contributed by atoms with Gasteiger partial charge < -0.3 is 14.6 Å². The Balaban J connectivity index is 1.36. The molecule has 1 N–H and O–H groups in total. The predicted octanol–water partition coefficient (Wildman–Crippen LogP) is 3.28. The second-order valence-electron chi connectivity index (χ2n) is 5.75. The van der Waals surface area contributed by atoms with Crippen molar-refractivity contribution in [2.45, 2.75) is 0 Å². The van der Waals surface area contributed by atoms with Crippen molar-refractivity contribution in [1.82, 2.24) is 9.88 Å². The molecule has 1 aliphatic heterocycles. The molecule has 7 nitrogen and oxygen atoms in total. The van der Waals surface area contributed by atoms with Crippen LogP contribution in [0.2, 0.25) is 0 Å². The first-order valence-corrected chi connectivity index (χ1v) is 8.99. The number of amides is 3. The van der Waals surface area contributed by atoms with Crippen molar-refractivity contribution in [3.63, 3.8) is 0 Å². The van der Waals surface area contributed by atoms with E-state index in [0.717, 1.165) is 5.69 Å². The maximum absolute atomic E-state index is 12.5. The fraction of sp³-hybridized carbons (Fsp3) is 0.167. The number of carbonyl (C=O) groups excluding carboxylic acids is 2. The van der Waals surface area contributed by atoms with Crippen LogP contribution in [-0.4, -0.2) is 41.5 Å². The zero-order chi connectivity index (χ0) is 17.9. The molecule has 0 atom stereocenters. The topological polar surface area (TPSA) is 78.7 Å². The number of anilines is 2. The number of urea groups is 1. The predicted molar refractivity (Wildman–Crippen MR) is 99.2 cm³/mol. The average Bonchev–Trinajstić information content (AvgIpc) is 3.38. The molecule has 4 rings (SSSR count). The van der Waals surface area contributed by atoms with Gasteiger partial charge in [0.2, 0.25) is 5.91 Å². The molecular formula is C18H16N4O3S. The van der Waals surface area contributed by atoms with E-state index in [1.54, 1.807) is 17.2 Å². The molecular weight excluding hydrogens is 352 g/mol. The minimum Gasteiger partial charge on any atom is -0.463 e. The van der Waals surface area contributed by atoms with E-state index in [0.29, 0.717) is 29.7 Å². The lowest BCUT2D eigenvalue weighted by Crippen LogP contribution is -2.37. The molecule has 0 spiro atoms. The number of nitrogens with one attached hydrogen (secondary N) is 1. The molecule has 0 aliphatic carbocycles. The van der Waals surface area contributed by atoms with Gasteiger partial charge in [0.25, 0.3) is 0 Å². The summed E-state index contributed by atoms with van der Waals surface area (Å²) in [7, 11) is 0. The van der Waals surface area contributed by atoms with Crippen molar-refractivity contribution in [1.29, 1.82) is 0 Å². The van der Waals surface area contributed by atoms with Crippen molar-refractivity contribution in [3.8, 4) is 11.5 Å². The number of para-hydroxylation sites is 1. The molecule has 0 saturated carbocycles. The van der Waals surface area contributed by atoms with Crippen molar-refractivity contribution >= 4 is 34.1 Å². The van der Waals surface area contributed by atoms with Crippen LogP contribution in [0.15, 0.2) is 58.5 Å². The van der Waals surface area contributed by atoms with Crippen molar-refractivity contribution in [2.75, 3.05) is 29.9 Å². The maximum atomic E-state index is 12.5. The molecule has 3 heterocycles. The zero-order valence-electron chi connectivity index (χ0n) is 13.8. The maximum Gasteiger partial charge on any atom is 0.325 e. The highest BCUT2D eigenvalue weighted by molar-refractivity contribution is 7.14. The molecule has 26 heavy (non-hydrogen) atoms. The molecule has 0 bridgehead atoms. The Hall–Kier alpha value is -3.13. The average molecular weight is 368 g/mol. The quantitative estimate of drug-likeness (QED) is 0.750. The molecule has 8 heteroatoms. The second-order valence-corrected chi connectivity index (χ2v) is 6.61. The summed E-state index contributed by atoms with van der Waals surface area (Å²) in [5.74, 6) is 0.378. The van der Waals surface area contributed by atoms with Gasteiger partial charge in [-0.3, -0.25) is 9.69 Å². The van der Waals surface area contributed by atoms with Crippen LogP contribution in [0.3, 0.4) is 0 Å². The third-order valence-corrected chi connectivity index (χ3v) is 4.78. The Labute approximate surface area is 153 Å². The van der Waals surface area contributed by atoms with E-state index in [4.69, 9.17) is 4.42 Å². The van der Waals surface area contributed by atoms with Gasteiger partial charge in [-0.25, -0.2) is 9.78 Å². The van der Waals surface area contributed by atoms with Gasteiger partial charge in [-0.2, -0.15) is 0 Å². The summed E-state index contributed by atoms with van der Waals surface area (Å²) in [6.45, 7) is 1.07. The lowest BCUT2D eigenvalue weighted by atomic mass is 10.3. The molecule has 0 unspecified atom stereocenters. The number of carbonyl (C=O) groups is 2. The highest BCUT2D eigenvalue weighted by Crippen LogP contribution is 2.25. The van der Waals surface area contributed by atoms with Crippen molar-refractivity contribution in [2.24, 2.45) is 0 Å². The summed E-state index contributed by atoms with van der Waals surface area (Å²) in [5.41, 5.74) is 1.51. The highest BCUT2D eigenvalue weighted by Gasteiger charge is 2.30. The second kappa shape index (κ2) is 7.01. The fourth-order valence-corrected chi connectivity index (χ4v) is 3.49. The van der Waals surface area contributed by atoms with E-state index in [1.807, 2.05) is 41.8 Å². The summed E-state index contributed by atoms with van der Waals surface area (Å²) in [6, 6.07) is 12.9. The van der Waals surface area contributed by atoms with E-state index in [9.17, 15) is 9.59 Å². The normalized spacial score (nSPS) is 14.1. The Morgan fingerprint density at radius 2 is 2.04 bits per heavy atom. The zero-order valence-corrected chi connectivity index (χ0v) is 14.6. The van der Waals surface area contributed by atoms with Crippen molar-refractivity contribution < 1.29 is 14.0 Å². The molecule has 132 valence electrons. The monoisotopic (exact) mass is 368 g/mol. The Kier molecular flexibility index (Phi) is 4.40. The minimum atomic E-state index is -0.270. The first-order chi connectivity index (χ1) is 12.7. The van der Waals surface area contributed by atoms with E-state index in [-0.39, 0.29) is 18.5 Å². The third-order valence-electron chi connectivity index (χ3n) is 4.02. The van der Waals surface area contributed by atoms with Crippen LogP contribution in [0, 0.1) is 0 Å². The number of nitrogens with zero attached hydrogens (tertiary/aromatic N) is 3. The standard InChI is InChI=1S/C18H16N4O3S/c23-16(20-17-19-14(12-26-17)15-7-4-10-25-15)11-21-8-9-22(18(21)24)13-5-2-1-3-6-13/h1-7,10,12H,8-9,11H2,(H,19,20,23). The molecule has 1 aliphatic rings. The molecule has 1 aromatic carbocycles. The van der Waals surface area contributed by atoms with Crippen LogP contribution in [-0.2, 0) is 4.79 Å². The number of rotatable bonds is 5. The molecule has 0 radical (unpaired) electrons. The largest absolute Gasteiger partial charge is 0.463 e. The molecule has 1 saturated heterocycles. The summed E-state index contributed by atoms with van der Waals surface area (Å²) >= 11 is 1.32. The van der Waals surface area contributed by atoms with Crippen LogP contribution in [0.4, 0.5) is 15.6 Å². The number of aromatic nitrogens is 1. The lowest BCUT2D eigenvalue weighted by Gasteiger charge is -2.18. The first kappa shape index (κ1) is 16.3. The van der Waals surface area contributed by atoms with Gasteiger partial charge in [0.1, 0.15) is 12.2 Å². The van der Waals surface area contributed by atoms with Gasteiger partial charge in [0.15, 0.2) is 10.9 Å². The Bertz CT molecular complexity index is 908. The van der Waals surface area contributed by atoms with E-state index < -0.39 is 0 Å². The van der Waals surface area contributed by atoms with Gasteiger partial charge in [-0.15, -0.1) is 11.3 Å². The number of furan rings is 1. The molecule has 1 fully saturated rings. The van der Waals surface area contributed by atoms with E-state index in [2.05, 4.69) is 10.3 Å². The fourth-order valence-electron chi connectivity index (χ4n) is 2.78. The minimum absolute atomic E-state index is 0.00215. The first-order valence-electron chi connectivity index (χ1n) is 8.11. The van der Waals surface area contributed by atoms with Crippen molar-refractivity contribution in [3.05, 3.63) is 54.1 Å². The van der Waals surface area contributed by atoms with Crippen LogP contribution in [0.5, 0.6) is 0 Å². The summed E-state index contributed by atoms with van der Waals surface area (Å²) < 4.78 is 5.29. The van der Waals surface area contributed by atoms with Gasteiger partial charge in [0, 0.05) is 24.2 Å². The van der Waals surface area contributed by atoms with Gasteiger partial charge in [-0.1, -0.05) is 18.2 Å². The van der Waals surface area contributed by atoms with Crippen LogP contribution < -0.4 is 10.2 Å². The highest BCUT2D eigenvalue weighted by atomic mass is 32.1. The lowest BCUT2D eigenvalue weighted by molar-refractivity contribution is -0.116.